The van der Waals surface area contributed by atoms with Gasteiger partial charge in [0.05, 0.1) is 5.92 Å². The number of hydrogen-bond acceptors (Lipinski definition) is 4. The number of carbonyl (C=O) groups is 3. The number of rotatable bonds is 3. The van der Waals surface area contributed by atoms with Gasteiger partial charge in [0, 0.05) is 22.3 Å². The third-order valence-corrected chi connectivity index (χ3v) is 3.84. The van der Waals surface area contributed by atoms with E-state index in [1.165, 1.54) is 24.3 Å². The highest BCUT2D eigenvalue weighted by Gasteiger charge is 2.29. The van der Waals surface area contributed by atoms with E-state index >= 15 is 0 Å². The van der Waals surface area contributed by atoms with Crippen LogP contribution in [0.2, 0.25) is 0 Å². The van der Waals surface area contributed by atoms with E-state index in [0.717, 1.165) is 0 Å². The fourth-order valence-corrected chi connectivity index (χ4v) is 2.45. The van der Waals surface area contributed by atoms with Crippen LogP contribution in [-0.4, -0.2) is 17.5 Å². The minimum absolute atomic E-state index is 0.201. The van der Waals surface area contributed by atoms with Crippen molar-refractivity contribution in [3.63, 3.8) is 0 Å². The monoisotopic (exact) mass is 306 g/mol. The van der Waals surface area contributed by atoms with Crippen LogP contribution in [0.5, 0.6) is 5.75 Å². The Kier molecular flexibility index (Phi) is 3.66. The van der Waals surface area contributed by atoms with Crippen molar-refractivity contribution in [2.45, 2.75) is 6.92 Å². The van der Waals surface area contributed by atoms with Gasteiger partial charge in [-0.2, -0.15) is 0 Å². The van der Waals surface area contributed by atoms with E-state index in [2.05, 4.69) is 6.58 Å². The Labute approximate surface area is 133 Å². The minimum Gasteiger partial charge on any atom is -0.426 e. The van der Waals surface area contributed by atoms with Gasteiger partial charge in [0.2, 0.25) is 0 Å². The molecule has 0 saturated carbocycles. The highest BCUT2D eigenvalue weighted by molar-refractivity contribution is 6.28. The summed E-state index contributed by atoms with van der Waals surface area (Å²) in [6.45, 7) is 5.21. The van der Waals surface area contributed by atoms with Crippen LogP contribution in [0.25, 0.3) is 0 Å². The van der Waals surface area contributed by atoms with Crippen molar-refractivity contribution >= 4 is 17.5 Å². The Morgan fingerprint density at radius 3 is 2.17 bits per heavy atom. The Balaban J connectivity index is 2.00. The molecule has 2 aromatic carbocycles. The van der Waals surface area contributed by atoms with Crippen LogP contribution in [-0.2, 0) is 4.79 Å². The van der Waals surface area contributed by atoms with Crippen LogP contribution in [0, 0.1) is 5.92 Å². The predicted octanol–water partition coefficient (Wildman–Crippen LogP) is 3.19. The third kappa shape index (κ3) is 2.48. The molecular weight excluding hydrogens is 292 g/mol. The number of hydrogen-bond donors (Lipinski definition) is 0. The number of carbonyl (C=O) groups excluding carboxylic acids is 3. The zero-order chi connectivity index (χ0) is 16.6. The third-order valence-electron chi connectivity index (χ3n) is 3.84. The summed E-state index contributed by atoms with van der Waals surface area (Å²) < 4.78 is 5.23. The lowest BCUT2D eigenvalue weighted by atomic mass is 9.84. The number of ketones is 2. The molecule has 2 aromatic rings. The van der Waals surface area contributed by atoms with Gasteiger partial charge in [0.1, 0.15) is 5.75 Å². The van der Waals surface area contributed by atoms with Crippen molar-refractivity contribution in [2.24, 2.45) is 5.92 Å². The van der Waals surface area contributed by atoms with Crippen LogP contribution in [0.4, 0.5) is 0 Å². The van der Waals surface area contributed by atoms with Crippen LogP contribution >= 0.6 is 0 Å². The van der Waals surface area contributed by atoms with E-state index in [9.17, 15) is 14.4 Å². The summed E-state index contributed by atoms with van der Waals surface area (Å²) in [4.78, 5) is 36.9. The number of fused-ring (bicyclic) bond motifs is 2. The molecule has 114 valence electrons. The van der Waals surface area contributed by atoms with Gasteiger partial charge in [0.25, 0.3) is 0 Å². The van der Waals surface area contributed by atoms with E-state index < -0.39 is 11.9 Å². The molecule has 0 bridgehead atoms. The number of ether oxygens (including phenoxy) is 1. The maximum atomic E-state index is 12.6. The van der Waals surface area contributed by atoms with Crippen LogP contribution in [0.1, 0.15) is 38.8 Å². The second-order valence-electron chi connectivity index (χ2n) is 5.36. The lowest BCUT2D eigenvalue weighted by Crippen LogP contribution is -2.21. The summed E-state index contributed by atoms with van der Waals surface area (Å²) in [5.74, 6) is -1.13. The summed E-state index contributed by atoms with van der Waals surface area (Å²) in [6, 6.07) is 11.2. The zero-order valence-corrected chi connectivity index (χ0v) is 12.5. The first-order valence-electron chi connectivity index (χ1n) is 7.19. The zero-order valence-electron chi connectivity index (χ0n) is 12.5. The fraction of sp³-hybridized carbons (Fsp3) is 0.105. The summed E-state index contributed by atoms with van der Waals surface area (Å²) >= 11 is 0. The largest absolute Gasteiger partial charge is 0.426 e. The van der Waals surface area contributed by atoms with Gasteiger partial charge in [-0.05, 0) is 25.1 Å². The van der Waals surface area contributed by atoms with Crippen molar-refractivity contribution in [2.75, 3.05) is 0 Å². The molecule has 4 nitrogen and oxygen atoms in total. The molecule has 0 radical (unpaired) electrons. The molecule has 0 aliphatic heterocycles. The van der Waals surface area contributed by atoms with Crippen molar-refractivity contribution in [3.05, 3.63) is 77.4 Å². The molecule has 0 amide bonds. The molecule has 0 saturated heterocycles. The van der Waals surface area contributed by atoms with Crippen molar-refractivity contribution in [3.8, 4) is 5.75 Å². The van der Waals surface area contributed by atoms with E-state index in [-0.39, 0.29) is 22.9 Å². The molecule has 0 heterocycles. The first kappa shape index (κ1) is 14.9. The normalized spacial score (nSPS) is 13.8. The van der Waals surface area contributed by atoms with Crippen molar-refractivity contribution in [1.29, 1.82) is 0 Å². The van der Waals surface area contributed by atoms with Crippen molar-refractivity contribution in [1.82, 2.24) is 0 Å². The van der Waals surface area contributed by atoms with E-state index in [1.54, 1.807) is 31.2 Å². The lowest BCUT2D eigenvalue weighted by Gasteiger charge is -2.18. The SMILES string of the molecule is C=CC(C)C(=O)Oc1ccc2c(c1)C(=O)c1ccccc1C2=O. The van der Waals surface area contributed by atoms with Gasteiger partial charge in [-0.1, -0.05) is 30.3 Å². The molecule has 1 unspecified atom stereocenters. The second kappa shape index (κ2) is 5.65. The van der Waals surface area contributed by atoms with Crippen molar-refractivity contribution < 1.29 is 19.1 Å². The Morgan fingerprint density at radius 1 is 1.00 bits per heavy atom. The number of benzene rings is 2. The van der Waals surface area contributed by atoms with Gasteiger partial charge in [0.15, 0.2) is 11.6 Å². The molecule has 1 aliphatic carbocycles. The Hall–Kier alpha value is -3.01. The highest BCUT2D eigenvalue weighted by atomic mass is 16.5. The first-order valence-corrected chi connectivity index (χ1v) is 7.19. The van der Waals surface area contributed by atoms with E-state index in [0.29, 0.717) is 16.7 Å². The summed E-state index contributed by atoms with van der Waals surface area (Å²) in [7, 11) is 0. The van der Waals surface area contributed by atoms with Crippen LogP contribution in [0.15, 0.2) is 55.1 Å². The van der Waals surface area contributed by atoms with Gasteiger partial charge >= 0.3 is 5.97 Å². The maximum absolute atomic E-state index is 12.6. The highest BCUT2D eigenvalue weighted by Crippen LogP contribution is 2.30. The summed E-state index contributed by atoms with van der Waals surface area (Å²) in [6.07, 6.45) is 1.48. The Bertz CT molecular complexity index is 848. The molecule has 3 rings (SSSR count). The van der Waals surface area contributed by atoms with Crippen LogP contribution in [0.3, 0.4) is 0 Å². The lowest BCUT2D eigenvalue weighted by molar-refractivity contribution is -0.136. The summed E-state index contributed by atoms with van der Waals surface area (Å²) in [5, 5.41) is 0. The fourth-order valence-electron chi connectivity index (χ4n) is 2.45. The average molecular weight is 306 g/mol. The molecule has 0 N–H and O–H groups in total. The standard InChI is InChI=1S/C19H14O4/c1-3-11(2)19(22)23-12-8-9-15-16(10-12)18(21)14-7-5-4-6-13(14)17(15)20/h3-11H,1H2,2H3. The molecule has 0 fully saturated rings. The first-order chi connectivity index (χ1) is 11.0. The average Bonchev–Trinajstić information content (AvgIpc) is 2.58. The second-order valence-corrected chi connectivity index (χ2v) is 5.36. The van der Waals surface area contributed by atoms with E-state index in [1.807, 2.05) is 0 Å². The smallest absolute Gasteiger partial charge is 0.317 e. The van der Waals surface area contributed by atoms with E-state index in [4.69, 9.17) is 4.74 Å². The van der Waals surface area contributed by atoms with Gasteiger partial charge in [-0.15, -0.1) is 6.58 Å². The predicted molar refractivity (Wildman–Crippen MR) is 84.7 cm³/mol. The topological polar surface area (TPSA) is 60.4 Å². The molecular formula is C19H14O4. The maximum Gasteiger partial charge on any atom is 0.317 e. The molecule has 4 heteroatoms. The molecule has 0 spiro atoms. The quantitative estimate of drug-likeness (QED) is 0.423. The van der Waals surface area contributed by atoms with Gasteiger partial charge in [-0.3, -0.25) is 14.4 Å². The summed E-state index contributed by atoms with van der Waals surface area (Å²) in [5.41, 5.74) is 1.35. The Morgan fingerprint density at radius 2 is 1.57 bits per heavy atom. The molecule has 1 atom stereocenters. The molecule has 23 heavy (non-hydrogen) atoms. The number of esters is 1. The van der Waals surface area contributed by atoms with Gasteiger partial charge in [-0.25, -0.2) is 0 Å². The van der Waals surface area contributed by atoms with Crippen LogP contribution < -0.4 is 4.74 Å². The molecule has 0 aromatic heterocycles. The van der Waals surface area contributed by atoms with Gasteiger partial charge < -0.3 is 4.74 Å². The minimum atomic E-state index is -0.463. The molecule has 1 aliphatic rings.